The molecule has 1 aliphatic heterocycles. The summed E-state index contributed by atoms with van der Waals surface area (Å²) in [5, 5.41) is 0. The summed E-state index contributed by atoms with van der Waals surface area (Å²) >= 11 is 1.91. The highest BCUT2D eigenvalue weighted by molar-refractivity contribution is 7.99. The van der Waals surface area contributed by atoms with E-state index in [1.807, 2.05) is 17.8 Å². The van der Waals surface area contributed by atoms with Gasteiger partial charge in [0.15, 0.2) is 0 Å². The van der Waals surface area contributed by atoms with E-state index >= 15 is 0 Å². The topological polar surface area (TPSA) is 18.5 Å². The van der Waals surface area contributed by atoms with Gasteiger partial charge in [-0.15, -0.1) is 11.8 Å². The van der Waals surface area contributed by atoms with E-state index in [0.717, 1.165) is 24.3 Å². The molecular weight excluding hydrogens is 328 g/mol. The highest BCUT2D eigenvalue weighted by Gasteiger charge is 2.37. The van der Waals surface area contributed by atoms with Crippen LogP contribution in [0.25, 0.3) is 0 Å². The van der Waals surface area contributed by atoms with Crippen molar-refractivity contribution in [3.05, 3.63) is 59.7 Å². The number of unbranched alkanes of at least 4 members (excludes halogenated alkanes) is 1. The summed E-state index contributed by atoms with van der Waals surface area (Å²) in [6.07, 6.45) is 4.53. The van der Waals surface area contributed by atoms with Gasteiger partial charge < -0.3 is 9.47 Å². The lowest BCUT2D eigenvalue weighted by atomic mass is 9.93. The first kappa shape index (κ1) is 18.3. The van der Waals surface area contributed by atoms with E-state index in [1.54, 1.807) is 7.11 Å². The normalized spacial score (nSPS) is 22.9. The third-order valence-electron chi connectivity index (χ3n) is 5.09. The highest BCUT2D eigenvalue weighted by Crippen LogP contribution is 2.45. The van der Waals surface area contributed by atoms with Crippen molar-refractivity contribution >= 4 is 11.8 Å². The van der Waals surface area contributed by atoms with E-state index in [2.05, 4.69) is 56.3 Å². The Balaban J connectivity index is 2.04. The van der Waals surface area contributed by atoms with Crippen LogP contribution in [0.4, 0.5) is 0 Å². The first-order chi connectivity index (χ1) is 12.2. The van der Waals surface area contributed by atoms with Crippen LogP contribution in [0.2, 0.25) is 0 Å². The van der Waals surface area contributed by atoms with Crippen LogP contribution in [0.5, 0.6) is 5.75 Å². The van der Waals surface area contributed by atoms with Crippen LogP contribution in [0, 0.1) is 0 Å². The van der Waals surface area contributed by atoms with E-state index in [4.69, 9.17) is 9.47 Å². The van der Waals surface area contributed by atoms with E-state index in [9.17, 15) is 0 Å². The molecule has 0 aromatic heterocycles. The van der Waals surface area contributed by atoms with Gasteiger partial charge in [-0.1, -0.05) is 63.1 Å². The van der Waals surface area contributed by atoms with Gasteiger partial charge in [-0.25, -0.2) is 0 Å². The minimum atomic E-state index is -0.0760. The SMILES string of the molecule is CCCC[C@]1(CC)CSc2cc(OC)ccc2[C@H](c2ccccc2)O1. The summed E-state index contributed by atoms with van der Waals surface area (Å²) in [6, 6.07) is 17.0. The van der Waals surface area contributed by atoms with E-state index in [-0.39, 0.29) is 11.7 Å². The highest BCUT2D eigenvalue weighted by atomic mass is 32.2. The van der Waals surface area contributed by atoms with Crippen molar-refractivity contribution in [3.63, 3.8) is 0 Å². The Kier molecular flexibility index (Phi) is 6.08. The molecule has 0 aliphatic carbocycles. The van der Waals surface area contributed by atoms with Crippen molar-refractivity contribution in [2.75, 3.05) is 12.9 Å². The van der Waals surface area contributed by atoms with Crippen molar-refractivity contribution in [2.24, 2.45) is 0 Å². The zero-order chi connectivity index (χ0) is 17.7. The maximum absolute atomic E-state index is 6.87. The van der Waals surface area contributed by atoms with Crippen LogP contribution >= 0.6 is 11.8 Å². The molecular formula is C22H28O2S. The Morgan fingerprint density at radius 2 is 1.96 bits per heavy atom. The molecule has 0 bridgehead atoms. The number of benzene rings is 2. The monoisotopic (exact) mass is 356 g/mol. The molecule has 0 N–H and O–H groups in total. The van der Waals surface area contributed by atoms with Crippen LogP contribution in [-0.4, -0.2) is 18.5 Å². The lowest BCUT2D eigenvalue weighted by molar-refractivity contribution is -0.0725. The number of fused-ring (bicyclic) bond motifs is 1. The summed E-state index contributed by atoms with van der Waals surface area (Å²) in [4.78, 5) is 1.28. The number of thioether (sulfide) groups is 1. The minimum absolute atomic E-state index is 0.0195. The summed E-state index contributed by atoms with van der Waals surface area (Å²) in [5.41, 5.74) is 2.41. The lowest BCUT2D eigenvalue weighted by Crippen LogP contribution is -2.35. The number of ether oxygens (including phenoxy) is 2. The largest absolute Gasteiger partial charge is 0.497 e. The van der Waals surface area contributed by atoms with Gasteiger partial charge in [0.05, 0.1) is 12.7 Å². The molecule has 0 unspecified atom stereocenters. The summed E-state index contributed by atoms with van der Waals surface area (Å²) in [6.45, 7) is 4.51. The molecule has 2 atom stereocenters. The summed E-state index contributed by atoms with van der Waals surface area (Å²) in [5.74, 6) is 1.91. The predicted octanol–water partition coefficient (Wildman–Crippen LogP) is 6.25. The Morgan fingerprint density at radius 3 is 2.64 bits per heavy atom. The molecule has 0 saturated heterocycles. The molecule has 0 amide bonds. The zero-order valence-corrected chi connectivity index (χ0v) is 16.3. The second-order valence-corrected chi connectivity index (χ2v) is 7.76. The van der Waals surface area contributed by atoms with Gasteiger partial charge in [0.25, 0.3) is 0 Å². The van der Waals surface area contributed by atoms with Gasteiger partial charge in [0.2, 0.25) is 0 Å². The summed E-state index contributed by atoms with van der Waals surface area (Å²) < 4.78 is 12.3. The van der Waals surface area contributed by atoms with Crippen LogP contribution in [0.1, 0.15) is 56.8 Å². The lowest BCUT2D eigenvalue weighted by Gasteiger charge is -2.35. The van der Waals surface area contributed by atoms with Gasteiger partial charge in [-0.3, -0.25) is 0 Å². The molecule has 2 aromatic rings. The molecule has 0 spiro atoms. The quantitative estimate of drug-likeness (QED) is 0.610. The first-order valence-corrected chi connectivity index (χ1v) is 10.2. The third-order valence-corrected chi connectivity index (χ3v) is 6.43. The second-order valence-electron chi connectivity index (χ2n) is 6.74. The van der Waals surface area contributed by atoms with E-state index in [1.165, 1.54) is 28.9 Å². The molecule has 3 heteroatoms. The Morgan fingerprint density at radius 1 is 1.16 bits per heavy atom. The molecule has 1 aliphatic rings. The molecule has 2 aromatic carbocycles. The van der Waals surface area contributed by atoms with Crippen molar-refractivity contribution in [1.82, 2.24) is 0 Å². The van der Waals surface area contributed by atoms with Crippen molar-refractivity contribution < 1.29 is 9.47 Å². The average Bonchev–Trinajstić information content (AvgIpc) is 2.84. The smallest absolute Gasteiger partial charge is 0.120 e. The van der Waals surface area contributed by atoms with Crippen molar-refractivity contribution in [2.45, 2.75) is 56.1 Å². The van der Waals surface area contributed by atoms with Gasteiger partial charge in [0.1, 0.15) is 11.9 Å². The molecule has 0 radical (unpaired) electrons. The molecule has 2 nitrogen and oxygen atoms in total. The fraction of sp³-hybridized carbons (Fsp3) is 0.455. The van der Waals surface area contributed by atoms with Crippen LogP contribution in [-0.2, 0) is 4.74 Å². The van der Waals surface area contributed by atoms with E-state index in [0.29, 0.717) is 0 Å². The number of rotatable bonds is 6. The van der Waals surface area contributed by atoms with E-state index < -0.39 is 0 Å². The maximum atomic E-state index is 6.87. The number of hydrogen-bond acceptors (Lipinski definition) is 3. The standard InChI is InChI=1S/C22H28O2S/c1-4-6-14-22(5-2)16-25-20-15-18(23-3)12-13-19(20)21(24-22)17-10-8-7-9-11-17/h7-13,15,21H,4-6,14,16H2,1-3H3/t21-,22+/m0/s1. The minimum Gasteiger partial charge on any atom is -0.497 e. The van der Waals surface area contributed by atoms with Gasteiger partial charge in [-0.05, 0) is 36.1 Å². The van der Waals surface area contributed by atoms with Crippen LogP contribution in [0.15, 0.2) is 53.4 Å². The third kappa shape index (κ3) is 4.04. The zero-order valence-electron chi connectivity index (χ0n) is 15.5. The Bertz CT molecular complexity index is 686. The summed E-state index contributed by atoms with van der Waals surface area (Å²) in [7, 11) is 1.73. The van der Waals surface area contributed by atoms with Crippen molar-refractivity contribution in [1.29, 1.82) is 0 Å². The number of hydrogen-bond donors (Lipinski definition) is 0. The first-order valence-electron chi connectivity index (χ1n) is 9.25. The fourth-order valence-corrected chi connectivity index (χ4v) is 4.78. The van der Waals surface area contributed by atoms with Gasteiger partial charge in [0, 0.05) is 10.6 Å². The molecule has 0 fully saturated rings. The van der Waals surface area contributed by atoms with Gasteiger partial charge in [-0.2, -0.15) is 0 Å². The Labute approximate surface area is 155 Å². The molecule has 0 saturated carbocycles. The van der Waals surface area contributed by atoms with Crippen LogP contribution in [0.3, 0.4) is 0 Å². The molecule has 3 rings (SSSR count). The predicted molar refractivity (Wildman–Crippen MR) is 106 cm³/mol. The average molecular weight is 357 g/mol. The molecule has 134 valence electrons. The second kappa shape index (κ2) is 8.29. The number of methoxy groups -OCH3 is 1. The van der Waals surface area contributed by atoms with Crippen LogP contribution < -0.4 is 4.74 Å². The molecule has 25 heavy (non-hydrogen) atoms. The van der Waals surface area contributed by atoms with Gasteiger partial charge >= 0.3 is 0 Å². The van der Waals surface area contributed by atoms with Crippen molar-refractivity contribution in [3.8, 4) is 5.75 Å². The fourth-order valence-electron chi connectivity index (χ4n) is 3.41. The maximum Gasteiger partial charge on any atom is 0.120 e. The molecule has 1 heterocycles. The Hall–Kier alpha value is -1.45.